The van der Waals surface area contributed by atoms with Gasteiger partial charge in [-0.15, -0.1) is 0 Å². The van der Waals surface area contributed by atoms with Crippen molar-refractivity contribution in [2.75, 3.05) is 0 Å². The van der Waals surface area contributed by atoms with Gasteiger partial charge in [-0.05, 0) is 37.8 Å². The Hall–Kier alpha value is -2.89. The van der Waals surface area contributed by atoms with Crippen molar-refractivity contribution in [2.24, 2.45) is 0 Å². The molecule has 2 heterocycles. The minimum absolute atomic E-state index is 0.0211. The molecule has 1 aromatic carbocycles. The summed E-state index contributed by atoms with van der Waals surface area (Å²) >= 11 is 0. The van der Waals surface area contributed by atoms with Crippen molar-refractivity contribution < 1.29 is 4.79 Å². The van der Waals surface area contributed by atoms with Gasteiger partial charge in [0.1, 0.15) is 5.82 Å². The highest BCUT2D eigenvalue weighted by molar-refractivity contribution is 5.90. The van der Waals surface area contributed by atoms with Gasteiger partial charge in [0, 0.05) is 22.7 Å². The molecule has 0 unspecified atom stereocenters. The number of para-hydroxylation sites is 1. The summed E-state index contributed by atoms with van der Waals surface area (Å²) in [6.07, 6.45) is 2.82. The molecule has 0 radical (unpaired) electrons. The molecule has 3 aromatic rings. The molecular formula is C19H20N4O2. The van der Waals surface area contributed by atoms with E-state index in [1.807, 2.05) is 18.2 Å². The first-order valence-electron chi connectivity index (χ1n) is 8.56. The van der Waals surface area contributed by atoms with Crippen LogP contribution in [0.1, 0.15) is 41.5 Å². The Bertz CT molecular complexity index is 1000. The van der Waals surface area contributed by atoms with Crippen LogP contribution in [-0.4, -0.2) is 20.9 Å². The van der Waals surface area contributed by atoms with Crippen molar-refractivity contribution in [3.63, 3.8) is 0 Å². The van der Waals surface area contributed by atoms with Gasteiger partial charge < -0.3 is 15.3 Å². The lowest BCUT2D eigenvalue weighted by Gasteiger charge is -2.22. The second kappa shape index (κ2) is 6.20. The number of amides is 1. The number of benzene rings is 1. The highest BCUT2D eigenvalue weighted by Gasteiger charge is 2.29. The van der Waals surface area contributed by atoms with Crippen molar-refractivity contribution in [2.45, 2.75) is 38.6 Å². The molecular weight excluding hydrogens is 316 g/mol. The molecule has 0 bridgehead atoms. The van der Waals surface area contributed by atoms with E-state index in [-0.39, 0.29) is 23.9 Å². The molecule has 3 N–H and O–H groups in total. The normalized spacial score (nSPS) is 16.6. The maximum absolute atomic E-state index is 12.7. The second-order valence-corrected chi connectivity index (χ2v) is 6.55. The number of H-pyrrole nitrogens is 2. The van der Waals surface area contributed by atoms with E-state index in [4.69, 9.17) is 0 Å². The lowest BCUT2D eigenvalue weighted by Crippen LogP contribution is -2.31. The van der Waals surface area contributed by atoms with E-state index < -0.39 is 0 Å². The van der Waals surface area contributed by atoms with Gasteiger partial charge >= 0.3 is 0 Å². The topological polar surface area (TPSA) is 90.6 Å². The molecule has 0 aliphatic heterocycles. The minimum Gasteiger partial charge on any atom is -0.357 e. The summed E-state index contributed by atoms with van der Waals surface area (Å²) in [5.74, 6) is 0.346. The van der Waals surface area contributed by atoms with Crippen LogP contribution in [-0.2, 0) is 17.8 Å². The summed E-state index contributed by atoms with van der Waals surface area (Å²) in [7, 11) is 0. The van der Waals surface area contributed by atoms with Crippen LogP contribution in [0.3, 0.4) is 0 Å². The van der Waals surface area contributed by atoms with Crippen molar-refractivity contribution in [3.05, 3.63) is 63.5 Å². The summed E-state index contributed by atoms with van der Waals surface area (Å²) in [5, 5.41) is 4.14. The number of nitrogens with one attached hydrogen (secondary N) is 3. The molecule has 0 fully saturated rings. The number of carbonyl (C=O) groups excluding carboxylic acids is 1. The Labute approximate surface area is 144 Å². The molecule has 1 amide bonds. The fourth-order valence-electron chi connectivity index (χ4n) is 3.71. The monoisotopic (exact) mass is 336 g/mol. The SMILES string of the molecule is Cc1nc(CNC(=O)[C@H]2CCCc3c2[nH]c2ccccc32)cc(=O)[nH]1. The van der Waals surface area contributed by atoms with Gasteiger partial charge in [0.05, 0.1) is 18.2 Å². The quantitative estimate of drug-likeness (QED) is 0.685. The molecule has 1 aliphatic rings. The summed E-state index contributed by atoms with van der Waals surface area (Å²) in [6.45, 7) is 1.99. The van der Waals surface area contributed by atoms with Gasteiger partial charge in [-0.3, -0.25) is 9.59 Å². The zero-order chi connectivity index (χ0) is 17.4. The number of hydrogen-bond acceptors (Lipinski definition) is 3. The Morgan fingerprint density at radius 1 is 1.32 bits per heavy atom. The van der Waals surface area contributed by atoms with E-state index in [1.165, 1.54) is 17.0 Å². The molecule has 1 atom stereocenters. The fourth-order valence-corrected chi connectivity index (χ4v) is 3.71. The molecule has 0 spiro atoms. The smallest absolute Gasteiger partial charge is 0.251 e. The minimum atomic E-state index is -0.202. The van der Waals surface area contributed by atoms with Gasteiger partial charge in [-0.1, -0.05) is 18.2 Å². The molecule has 6 heteroatoms. The average Bonchev–Trinajstić information content (AvgIpc) is 2.97. The number of rotatable bonds is 3. The summed E-state index contributed by atoms with van der Waals surface area (Å²) in [4.78, 5) is 34.5. The molecule has 128 valence electrons. The number of nitrogens with zero attached hydrogens (tertiary/aromatic N) is 1. The largest absolute Gasteiger partial charge is 0.357 e. The zero-order valence-electron chi connectivity index (χ0n) is 14.1. The van der Waals surface area contributed by atoms with Crippen molar-refractivity contribution in [1.29, 1.82) is 0 Å². The van der Waals surface area contributed by atoms with Crippen LogP contribution < -0.4 is 10.9 Å². The Morgan fingerprint density at radius 3 is 3.00 bits per heavy atom. The van der Waals surface area contributed by atoms with Crippen LogP contribution in [0.4, 0.5) is 0 Å². The van der Waals surface area contributed by atoms with Crippen molar-refractivity contribution in [3.8, 4) is 0 Å². The number of aromatic amines is 2. The van der Waals surface area contributed by atoms with E-state index >= 15 is 0 Å². The standard InChI is InChI=1S/C19H20N4O2/c1-11-21-12(9-17(24)22-11)10-20-19(25)15-7-4-6-14-13-5-2-3-8-16(13)23-18(14)15/h2-3,5,8-9,15,23H,4,6-7,10H2,1H3,(H,20,25)(H,21,22,24)/t15-/m0/s1. The Kier molecular flexibility index (Phi) is 3.87. The van der Waals surface area contributed by atoms with E-state index in [9.17, 15) is 9.59 Å². The van der Waals surface area contributed by atoms with Crippen molar-refractivity contribution >= 4 is 16.8 Å². The number of carbonyl (C=O) groups is 1. The highest BCUT2D eigenvalue weighted by Crippen LogP contribution is 2.36. The number of fused-ring (bicyclic) bond motifs is 3. The predicted octanol–water partition coefficient (Wildman–Crippen LogP) is 2.30. The van der Waals surface area contributed by atoms with E-state index in [2.05, 4.69) is 26.3 Å². The third kappa shape index (κ3) is 2.95. The van der Waals surface area contributed by atoms with Crippen LogP contribution in [0.5, 0.6) is 0 Å². The third-order valence-electron chi connectivity index (χ3n) is 4.79. The first-order valence-corrected chi connectivity index (χ1v) is 8.56. The van der Waals surface area contributed by atoms with E-state index in [1.54, 1.807) is 6.92 Å². The number of aromatic nitrogens is 3. The van der Waals surface area contributed by atoms with Gasteiger partial charge in [-0.2, -0.15) is 0 Å². The molecule has 0 saturated heterocycles. The molecule has 2 aromatic heterocycles. The van der Waals surface area contributed by atoms with E-state index in [0.717, 1.165) is 30.5 Å². The average molecular weight is 336 g/mol. The van der Waals surface area contributed by atoms with Crippen LogP contribution in [0.2, 0.25) is 0 Å². The Morgan fingerprint density at radius 2 is 2.16 bits per heavy atom. The van der Waals surface area contributed by atoms with Crippen LogP contribution in [0.25, 0.3) is 10.9 Å². The fraction of sp³-hybridized carbons (Fsp3) is 0.316. The maximum Gasteiger partial charge on any atom is 0.251 e. The first kappa shape index (κ1) is 15.6. The van der Waals surface area contributed by atoms with Crippen molar-refractivity contribution in [1.82, 2.24) is 20.3 Å². The van der Waals surface area contributed by atoms with Gasteiger partial charge in [0.15, 0.2) is 0 Å². The molecule has 6 nitrogen and oxygen atoms in total. The summed E-state index contributed by atoms with van der Waals surface area (Å²) in [5.41, 5.74) is 3.74. The zero-order valence-corrected chi connectivity index (χ0v) is 14.1. The van der Waals surface area contributed by atoms with Gasteiger partial charge in [0.2, 0.25) is 5.91 Å². The third-order valence-corrected chi connectivity index (χ3v) is 4.79. The van der Waals surface area contributed by atoms with Crippen LogP contribution in [0.15, 0.2) is 35.1 Å². The summed E-state index contributed by atoms with van der Waals surface area (Å²) in [6, 6.07) is 9.60. The van der Waals surface area contributed by atoms with E-state index in [0.29, 0.717) is 11.5 Å². The number of aryl methyl sites for hydroxylation is 2. The molecule has 1 aliphatic carbocycles. The van der Waals surface area contributed by atoms with Gasteiger partial charge in [0.25, 0.3) is 5.56 Å². The van der Waals surface area contributed by atoms with Gasteiger partial charge in [-0.25, -0.2) is 4.98 Å². The highest BCUT2D eigenvalue weighted by atomic mass is 16.2. The first-order chi connectivity index (χ1) is 12.1. The maximum atomic E-state index is 12.7. The lowest BCUT2D eigenvalue weighted by atomic mass is 9.86. The molecule has 4 rings (SSSR count). The molecule has 0 saturated carbocycles. The van der Waals surface area contributed by atoms with Crippen LogP contribution in [0, 0.1) is 6.92 Å². The number of hydrogen-bond donors (Lipinski definition) is 3. The summed E-state index contributed by atoms with van der Waals surface area (Å²) < 4.78 is 0. The predicted molar refractivity (Wildman–Crippen MR) is 95.4 cm³/mol. The second-order valence-electron chi connectivity index (χ2n) is 6.55. The van der Waals surface area contributed by atoms with Crippen LogP contribution >= 0.6 is 0 Å². The molecule has 25 heavy (non-hydrogen) atoms. The Balaban J connectivity index is 1.56. The lowest BCUT2D eigenvalue weighted by molar-refractivity contribution is -0.123.